The third kappa shape index (κ3) is 1.76. The highest BCUT2D eigenvalue weighted by molar-refractivity contribution is 5.43. The Morgan fingerprint density at radius 2 is 2.18 bits per heavy atom. The molecule has 17 heavy (non-hydrogen) atoms. The SMILES string of the molecule is CC1Cc2ccccc2-n2ccnc2[C@@H](N)C1. The summed E-state index contributed by atoms with van der Waals surface area (Å²) < 4.78 is 2.13. The van der Waals surface area contributed by atoms with Gasteiger partial charge in [-0.1, -0.05) is 25.1 Å². The van der Waals surface area contributed by atoms with Gasteiger partial charge in [0.15, 0.2) is 0 Å². The van der Waals surface area contributed by atoms with Crippen molar-refractivity contribution in [3.63, 3.8) is 0 Å². The van der Waals surface area contributed by atoms with Crippen LogP contribution in [-0.2, 0) is 6.42 Å². The van der Waals surface area contributed by atoms with Crippen molar-refractivity contribution < 1.29 is 0 Å². The zero-order valence-electron chi connectivity index (χ0n) is 10.0. The van der Waals surface area contributed by atoms with Crippen molar-refractivity contribution >= 4 is 0 Å². The lowest BCUT2D eigenvalue weighted by atomic mass is 9.92. The van der Waals surface area contributed by atoms with Crippen LogP contribution in [0.5, 0.6) is 0 Å². The Hall–Kier alpha value is -1.61. The van der Waals surface area contributed by atoms with Crippen LogP contribution in [0.25, 0.3) is 5.69 Å². The van der Waals surface area contributed by atoms with E-state index in [4.69, 9.17) is 5.73 Å². The van der Waals surface area contributed by atoms with Crippen molar-refractivity contribution in [2.75, 3.05) is 0 Å². The van der Waals surface area contributed by atoms with Gasteiger partial charge in [-0.15, -0.1) is 0 Å². The number of imidazole rings is 1. The highest BCUT2D eigenvalue weighted by Gasteiger charge is 2.21. The Bertz CT molecular complexity index is 530. The van der Waals surface area contributed by atoms with Crippen molar-refractivity contribution in [3.05, 3.63) is 48.0 Å². The molecule has 2 N–H and O–H groups in total. The molecule has 2 atom stereocenters. The van der Waals surface area contributed by atoms with Gasteiger partial charge in [0, 0.05) is 18.1 Å². The van der Waals surface area contributed by atoms with Crippen molar-refractivity contribution in [2.24, 2.45) is 11.7 Å². The van der Waals surface area contributed by atoms with Crippen LogP contribution < -0.4 is 5.73 Å². The van der Waals surface area contributed by atoms with Gasteiger partial charge in [-0.3, -0.25) is 0 Å². The molecule has 0 aliphatic carbocycles. The van der Waals surface area contributed by atoms with Crippen molar-refractivity contribution in [2.45, 2.75) is 25.8 Å². The summed E-state index contributed by atoms with van der Waals surface area (Å²) in [6.45, 7) is 2.26. The molecule has 0 saturated heterocycles. The average Bonchev–Trinajstić information content (AvgIpc) is 2.76. The second-order valence-corrected chi connectivity index (χ2v) is 4.94. The Labute approximate surface area is 101 Å². The molecule has 0 bridgehead atoms. The van der Waals surface area contributed by atoms with Crippen LogP contribution in [0.3, 0.4) is 0 Å². The van der Waals surface area contributed by atoms with Crippen LogP contribution in [0.1, 0.15) is 30.8 Å². The monoisotopic (exact) mass is 227 g/mol. The molecule has 0 saturated carbocycles. The predicted octanol–water partition coefficient (Wildman–Crippen LogP) is 2.45. The molecule has 1 unspecified atom stereocenters. The molecule has 3 heteroatoms. The van der Waals surface area contributed by atoms with Gasteiger partial charge in [-0.05, 0) is 30.4 Å². The smallest absolute Gasteiger partial charge is 0.130 e. The molecular weight excluding hydrogens is 210 g/mol. The first kappa shape index (κ1) is 10.5. The molecule has 0 fully saturated rings. The Balaban J connectivity index is 2.21. The summed E-state index contributed by atoms with van der Waals surface area (Å²) in [6.07, 6.45) is 5.92. The number of benzene rings is 1. The van der Waals surface area contributed by atoms with E-state index in [1.807, 2.05) is 12.4 Å². The number of fused-ring (bicyclic) bond motifs is 3. The minimum Gasteiger partial charge on any atom is -0.321 e. The average molecular weight is 227 g/mol. The first-order chi connectivity index (χ1) is 8.25. The van der Waals surface area contributed by atoms with Crippen LogP contribution in [0.2, 0.25) is 0 Å². The number of nitrogens with zero attached hydrogens (tertiary/aromatic N) is 2. The van der Waals surface area contributed by atoms with Crippen LogP contribution >= 0.6 is 0 Å². The number of hydrogen-bond acceptors (Lipinski definition) is 2. The molecule has 0 radical (unpaired) electrons. The molecule has 0 spiro atoms. The molecule has 1 aromatic heterocycles. The Kier molecular flexibility index (Phi) is 2.48. The van der Waals surface area contributed by atoms with Gasteiger partial charge in [0.25, 0.3) is 0 Å². The molecule has 1 aromatic carbocycles. The molecule has 3 nitrogen and oxygen atoms in total. The summed E-state index contributed by atoms with van der Waals surface area (Å²) in [7, 11) is 0. The lowest BCUT2D eigenvalue weighted by Gasteiger charge is -2.24. The van der Waals surface area contributed by atoms with E-state index >= 15 is 0 Å². The van der Waals surface area contributed by atoms with Crippen LogP contribution in [-0.4, -0.2) is 9.55 Å². The summed E-state index contributed by atoms with van der Waals surface area (Å²) in [5.74, 6) is 1.57. The summed E-state index contributed by atoms with van der Waals surface area (Å²) in [6, 6.07) is 8.55. The maximum atomic E-state index is 6.22. The molecule has 2 heterocycles. The van der Waals surface area contributed by atoms with Crippen molar-refractivity contribution in [1.29, 1.82) is 0 Å². The topological polar surface area (TPSA) is 43.8 Å². The zero-order valence-corrected chi connectivity index (χ0v) is 10.0. The van der Waals surface area contributed by atoms with Crippen LogP contribution in [0.4, 0.5) is 0 Å². The van der Waals surface area contributed by atoms with E-state index in [0.717, 1.165) is 18.7 Å². The fourth-order valence-electron chi connectivity index (χ4n) is 2.71. The largest absolute Gasteiger partial charge is 0.321 e. The third-order valence-electron chi connectivity index (χ3n) is 3.48. The van der Waals surface area contributed by atoms with E-state index in [1.54, 1.807) is 0 Å². The standard InChI is InChI=1S/C14H17N3/c1-10-8-11-4-2-3-5-13(11)17-7-6-16-14(17)12(15)9-10/h2-7,10,12H,8-9,15H2,1H3/t10?,12-/m0/s1. The van der Waals surface area contributed by atoms with Gasteiger partial charge in [-0.25, -0.2) is 4.98 Å². The van der Waals surface area contributed by atoms with E-state index in [9.17, 15) is 0 Å². The second kappa shape index (κ2) is 4.00. The minimum absolute atomic E-state index is 0.0355. The second-order valence-electron chi connectivity index (χ2n) is 4.94. The van der Waals surface area contributed by atoms with Gasteiger partial charge >= 0.3 is 0 Å². The molecule has 1 aliphatic rings. The molecule has 3 rings (SSSR count). The zero-order chi connectivity index (χ0) is 11.8. The van der Waals surface area contributed by atoms with Gasteiger partial charge in [0.1, 0.15) is 5.82 Å². The Morgan fingerprint density at radius 1 is 1.35 bits per heavy atom. The van der Waals surface area contributed by atoms with E-state index in [1.165, 1.54) is 11.3 Å². The van der Waals surface area contributed by atoms with Crippen molar-refractivity contribution in [1.82, 2.24) is 9.55 Å². The van der Waals surface area contributed by atoms with Gasteiger partial charge < -0.3 is 10.3 Å². The van der Waals surface area contributed by atoms with Crippen LogP contribution in [0.15, 0.2) is 36.7 Å². The van der Waals surface area contributed by atoms with Gasteiger partial charge in [-0.2, -0.15) is 0 Å². The summed E-state index contributed by atoms with van der Waals surface area (Å²) in [5.41, 5.74) is 8.83. The van der Waals surface area contributed by atoms with E-state index in [2.05, 4.69) is 40.7 Å². The first-order valence-electron chi connectivity index (χ1n) is 6.13. The molecule has 88 valence electrons. The summed E-state index contributed by atoms with van der Waals surface area (Å²) >= 11 is 0. The minimum atomic E-state index is 0.0355. The maximum Gasteiger partial charge on any atom is 0.130 e. The lowest BCUT2D eigenvalue weighted by molar-refractivity contribution is 0.447. The normalized spacial score (nSPS) is 23.4. The lowest BCUT2D eigenvalue weighted by Crippen LogP contribution is -2.22. The number of hydrogen-bond donors (Lipinski definition) is 1. The first-order valence-corrected chi connectivity index (χ1v) is 6.13. The number of para-hydroxylation sites is 1. The number of rotatable bonds is 0. The van der Waals surface area contributed by atoms with Crippen molar-refractivity contribution in [3.8, 4) is 5.69 Å². The molecule has 1 aliphatic heterocycles. The molecule has 0 amide bonds. The highest BCUT2D eigenvalue weighted by atomic mass is 15.1. The maximum absolute atomic E-state index is 6.22. The van der Waals surface area contributed by atoms with E-state index in [0.29, 0.717) is 5.92 Å². The molecular formula is C14H17N3. The predicted molar refractivity (Wildman–Crippen MR) is 68.0 cm³/mol. The third-order valence-corrected chi connectivity index (χ3v) is 3.48. The number of nitrogens with two attached hydrogens (primary N) is 1. The van der Waals surface area contributed by atoms with Crippen LogP contribution in [0, 0.1) is 5.92 Å². The van der Waals surface area contributed by atoms with Gasteiger partial charge in [0.05, 0.1) is 6.04 Å². The highest BCUT2D eigenvalue weighted by Crippen LogP contribution is 2.29. The summed E-state index contributed by atoms with van der Waals surface area (Å²) in [5, 5.41) is 0. The van der Waals surface area contributed by atoms with E-state index < -0.39 is 0 Å². The Morgan fingerprint density at radius 3 is 3.06 bits per heavy atom. The van der Waals surface area contributed by atoms with Gasteiger partial charge in [0.2, 0.25) is 0 Å². The summed E-state index contributed by atoms with van der Waals surface area (Å²) in [4.78, 5) is 4.41. The van der Waals surface area contributed by atoms with E-state index in [-0.39, 0.29) is 6.04 Å². The molecule has 2 aromatic rings. The quantitative estimate of drug-likeness (QED) is 0.751. The fraction of sp³-hybridized carbons (Fsp3) is 0.357. The fourth-order valence-corrected chi connectivity index (χ4v) is 2.71. The number of aromatic nitrogens is 2.